The topological polar surface area (TPSA) is 163 Å². The zero-order chi connectivity index (χ0) is 22.2. The molecule has 11 heteroatoms. The average Bonchev–Trinajstić information content (AvgIpc) is 3.53. The number of pyridine rings is 1. The van der Waals surface area contributed by atoms with Gasteiger partial charge in [0.1, 0.15) is 11.2 Å². The molecule has 1 aliphatic rings. The third-order valence-corrected chi connectivity index (χ3v) is 5.67. The van der Waals surface area contributed by atoms with Crippen molar-refractivity contribution in [2.24, 2.45) is 0 Å². The smallest absolute Gasteiger partial charge is 0.255 e. The molecule has 1 saturated heterocycles. The molecule has 1 aliphatic heterocycles. The van der Waals surface area contributed by atoms with Crippen LogP contribution >= 0.6 is 0 Å². The van der Waals surface area contributed by atoms with Gasteiger partial charge in [0.15, 0.2) is 17.3 Å². The molecule has 1 atom stereocenters. The SMILES string of the molecule is CCn1c(-c2nonc2N)nc2c(-c3ccccc3N)ncc(C(=O)NC3CCNC3)c21. The van der Waals surface area contributed by atoms with E-state index in [2.05, 4.69) is 25.9 Å². The Morgan fingerprint density at radius 1 is 1.28 bits per heavy atom. The normalized spacial score (nSPS) is 16.0. The van der Waals surface area contributed by atoms with E-state index in [4.69, 9.17) is 21.1 Å². The van der Waals surface area contributed by atoms with Crippen LogP contribution in [-0.2, 0) is 6.54 Å². The number of aromatic nitrogens is 5. The Balaban J connectivity index is 1.75. The highest BCUT2D eigenvalue weighted by Gasteiger charge is 2.27. The molecule has 0 aliphatic carbocycles. The summed E-state index contributed by atoms with van der Waals surface area (Å²) < 4.78 is 6.67. The molecular weight excluding hydrogens is 410 g/mol. The van der Waals surface area contributed by atoms with Crippen LogP contribution in [0.1, 0.15) is 23.7 Å². The van der Waals surface area contributed by atoms with Gasteiger partial charge in [0.25, 0.3) is 5.91 Å². The van der Waals surface area contributed by atoms with Crippen molar-refractivity contribution in [2.45, 2.75) is 25.9 Å². The minimum Gasteiger partial charge on any atom is -0.398 e. The van der Waals surface area contributed by atoms with Crippen molar-refractivity contribution < 1.29 is 9.42 Å². The molecule has 4 heterocycles. The van der Waals surface area contributed by atoms with Gasteiger partial charge in [-0.3, -0.25) is 9.78 Å². The summed E-state index contributed by atoms with van der Waals surface area (Å²) in [6, 6.07) is 7.47. The fraction of sp³-hybridized carbons (Fsp3) is 0.286. The van der Waals surface area contributed by atoms with E-state index < -0.39 is 0 Å². The lowest BCUT2D eigenvalue weighted by Gasteiger charge is -2.14. The second-order valence-corrected chi connectivity index (χ2v) is 7.65. The minimum absolute atomic E-state index is 0.0647. The van der Waals surface area contributed by atoms with Crippen molar-refractivity contribution in [1.82, 2.24) is 35.5 Å². The summed E-state index contributed by atoms with van der Waals surface area (Å²) in [4.78, 5) is 22.6. The number of carbonyl (C=O) groups excluding carboxylic acids is 1. The quantitative estimate of drug-likeness (QED) is 0.341. The third-order valence-electron chi connectivity index (χ3n) is 5.67. The molecule has 11 nitrogen and oxygen atoms in total. The van der Waals surface area contributed by atoms with E-state index in [-0.39, 0.29) is 17.8 Å². The van der Waals surface area contributed by atoms with E-state index in [1.54, 1.807) is 12.3 Å². The van der Waals surface area contributed by atoms with Crippen LogP contribution in [-0.4, -0.2) is 49.9 Å². The van der Waals surface area contributed by atoms with Crippen molar-refractivity contribution in [3.05, 3.63) is 36.0 Å². The van der Waals surface area contributed by atoms with Gasteiger partial charge in [-0.15, -0.1) is 0 Å². The molecule has 0 saturated carbocycles. The number of nitrogens with two attached hydrogens (primary N) is 2. The number of nitrogens with one attached hydrogen (secondary N) is 2. The van der Waals surface area contributed by atoms with Gasteiger partial charge >= 0.3 is 0 Å². The van der Waals surface area contributed by atoms with Crippen LogP contribution in [0, 0.1) is 0 Å². The fourth-order valence-electron chi connectivity index (χ4n) is 4.10. The Labute approximate surface area is 183 Å². The van der Waals surface area contributed by atoms with E-state index in [1.165, 1.54) is 0 Å². The second kappa shape index (κ2) is 7.93. The van der Waals surface area contributed by atoms with E-state index in [9.17, 15) is 4.79 Å². The molecule has 3 aromatic heterocycles. The van der Waals surface area contributed by atoms with Crippen LogP contribution in [0.25, 0.3) is 33.8 Å². The van der Waals surface area contributed by atoms with Crippen molar-refractivity contribution in [3.8, 4) is 22.8 Å². The number of benzene rings is 1. The number of para-hydroxylation sites is 1. The maximum atomic E-state index is 13.2. The summed E-state index contributed by atoms with van der Waals surface area (Å²) in [6.07, 6.45) is 2.45. The molecule has 0 spiro atoms. The van der Waals surface area contributed by atoms with Gasteiger partial charge < -0.3 is 26.7 Å². The Bertz CT molecular complexity index is 1300. The second-order valence-electron chi connectivity index (χ2n) is 7.65. The lowest BCUT2D eigenvalue weighted by molar-refractivity contribution is 0.0941. The summed E-state index contributed by atoms with van der Waals surface area (Å²) in [5.41, 5.74) is 15.9. The molecule has 0 radical (unpaired) electrons. The molecule has 32 heavy (non-hydrogen) atoms. The van der Waals surface area contributed by atoms with Crippen LogP contribution in [0.3, 0.4) is 0 Å². The standard InChI is InChI=1S/C21H23N9O2/c1-2-30-18-13(21(31)26-11-7-8-24-9-11)10-25-15(12-5-3-4-6-14(12)22)16(18)27-20(30)17-19(23)29-32-28-17/h3-6,10-11,24H,2,7-9,22H2,1H3,(H2,23,29)(H,26,31). The maximum absolute atomic E-state index is 13.2. The largest absolute Gasteiger partial charge is 0.398 e. The molecule has 1 amide bonds. The first kappa shape index (κ1) is 19.9. The number of anilines is 2. The van der Waals surface area contributed by atoms with Gasteiger partial charge in [0, 0.05) is 36.6 Å². The van der Waals surface area contributed by atoms with E-state index in [0.29, 0.717) is 46.0 Å². The minimum atomic E-state index is -0.212. The predicted molar refractivity (Wildman–Crippen MR) is 119 cm³/mol. The molecular formula is C21H23N9O2. The molecule has 164 valence electrons. The monoisotopic (exact) mass is 433 g/mol. The van der Waals surface area contributed by atoms with E-state index in [1.807, 2.05) is 29.7 Å². The van der Waals surface area contributed by atoms with Gasteiger partial charge in [-0.2, -0.15) is 0 Å². The van der Waals surface area contributed by atoms with Gasteiger partial charge in [-0.1, -0.05) is 18.2 Å². The molecule has 1 fully saturated rings. The van der Waals surface area contributed by atoms with E-state index >= 15 is 0 Å². The predicted octanol–water partition coefficient (Wildman–Crippen LogP) is 1.42. The summed E-state index contributed by atoms with van der Waals surface area (Å²) in [6.45, 7) is 4.08. The molecule has 1 aromatic carbocycles. The number of hydrogen-bond acceptors (Lipinski definition) is 9. The van der Waals surface area contributed by atoms with Crippen molar-refractivity contribution in [3.63, 3.8) is 0 Å². The van der Waals surface area contributed by atoms with E-state index in [0.717, 1.165) is 25.1 Å². The van der Waals surface area contributed by atoms with Gasteiger partial charge in [0.05, 0.1) is 11.1 Å². The Morgan fingerprint density at radius 3 is 2.81 bits per heavy atom. The number of fused-ring (bicyclic) bond motifs is 1. The Hall–Kier alpha value is -3.99. The van der Waals surface area contributed by atoms with Gasteiger partial charge in [-0.05, 0) is 36.3 Å². The summed E-state index contributed by atoms with van der Waals surface area (Å²) in [5.74, 6) is 0.351. The first-order chi connectivity index (χ1) is 15.6. The summed E-state index contributed by atoms with van der Waals surface area (Å²) in [5, 5.41) is 13.9. The number of nitrogen functional groups attached to an aromatic ring is 2. The van der Waals surface area contributed by atoms with Crippen LogP contribution in [0.2, 0.25) is 0 Å². The first-order valence-corrected chi connectivity index (χ1v) is 10.4. The van der Waals surface area contributed by atoms with Crippen LogP contribution in [0.15, 0.2) is 35.1 Å². The van der Waals surface area contributed by atoms with Crippen molar-refractivity contribution in [2.75, 3.05) is 24.6 Å². The highest BCUT2D eigenvalue weighted by Crippen LogP contribution is 2.35. The third kappa shape index (κ3) is 3.23. The van der Waals surface area contributed by atoms with Crippen molar-refractivity contribution in [1.29, 1.82) is 0 Å². The van der Waals surface area contributed by atoms with Gasteiger partial charge in [0.2, 0.25) is 0 Å². The number of aryl methyl sites for hydroxylation is 1. The lowest BCUT2D eigenvalue weighted by Crippen LogP contribution is -2.36. The number of rotatable bonds is 5. The Kier molecular flexibility index (Phi) is 4.94. The van der Waals surface area contributed by atoms with Crippen molar-refractivity contribution >= 4 is 28.4 Å². The highest BCUT2D eigenvalue weighted by molar-refractivity contribution is 6.09. The first-order valence-electron chi connectivity index (χ1n) is 10.4. The highest BCUT2D eigenvalue weighted by atomic mass is 16.6. The molecule has 6 N–H and O–H groups in total. The number of amides is 1. The molecule has 1 unspecified atom stereocenters. The molecule has 4 aromatic rings. The van der Waals surface area contributed by atoms with Crippen LogP contribution in [0.4, 0.5) is 11.5 Å². The van der Waals surface area contributed by atoms with Crippen LogP contribution in [0.5, 0.6) is 0 Å². The zero-order valence-electron chi connectivity index (χ0n) is 17.5. The summed E-state index contributed by atoms with van der Waals surface area (Å²) >= 11 is 0. The molecule has 0 bridgehead atoms. The Morgan fingerprint density at radius 2 is 2.12 bits per heavy atom. The maximum Gasteiger partial charge on any atom is 0.255 e. The lowest BCUT2D eigenvalue weighted by atomic mass is 10.1. The zero-order valence-corrected chi connectivity index (χ0v) is 17.5. The number of nitrogens with zero attached hydrogens (tertiary/aromatic N) is 5. The number of hydrogen-bond donors (Lipinski definition) is 4. The number of imidazole rings is 1. The van der Waals surface area contributed by atoms with Gasteiger partial charge in [-0.25, -0.2) is 9.61 Å². The molecule has 5 rings (SSSR count). The average molecular weight is 433 g/mol. The number of carbonyl (C=O) groups is 1. The summed E-state index contributed by atoms with van der Waals surface area (Å²) in [7, 11) is 0. The van der Waals surface area contributed by atoms with Crippen LogP contribution < -0.4 is 22.1 Å². The fourth-order valence-corrected chi connectivity index (χ4v) is 4.10.